The maximum atomic E-state index is 15.1. The fourth-order valence-electron chi connectivity index (χ4n) is 4.56. The molecule has 7 nitrogen and oxygen atoms in total. The number of amides is 2. The fourth-order valence-corrected chi connectivity index (χ4v) is 4.69. The molecule has 1 fully saturated rings. The van der Waals surface area contributed by atoms with Gasteiger partial charge in [0, 0.05) is 54.1 Å². The molecule has 4 rings (SSSR count). The molecular formula is C26H29ClF3N5O2. The van der Waals surface area contributed by atoms with Gasteiger partial charge < -0.3 is 9.32 Å². The Labute approximate surface area is 218 Å². The molecule has 2 aromatic carbocycles. The molecule has 1 aliphatic rings. The predicted molar refractivity (Wildman–Crippen MR) is 135 cm³/mol. The van der Waals surface area contributed by atoms with Crippen LogP contribution in [0.3, 0.4) is 0 Å². The van der Waals surface area contributed by atoms with Gasteiger partial charge in [-0.1, -0.05) is 31.5 Å². The van der Waals surface area contributed by atoms with Crippen molar-refractivity contribution >= 4 is 23.3 Å². The van der Waals surface area contributed by atoms with Crippen LogP contribution in [0.2, 0.25) is 5.02 Å². The lowest BCUT2D eigenvalue weighted by Crippen LogP contribution is -2.54. The first-order valence-corrected chi connectivity index (χ1v) is 12.6. The van der Waals surface area contributed by atoms with E-state index in [-0.39, 0.29) is 29.6 Å². The minimum Gasteiger partial charge on any atom is -0.415 e. The third-order valence-electron chi connectivity index (χ3n) is 6.67. The van der Waals surface area contributed by atoms with Crippen LogP contribution >= 0.6 is 11.6 Å². The van der Waals surface area contributed by atoms with Gasteiger partial charge in [0.2, 0.25) is 5.89 Å². The number of carbonyl (C=O) groups is 1. The maximum absolute atomic E-state index is 15.1. The van der Waals surface area contributed by atoms with E-state index >= 15 is 4.39 Å². The summed E-state index contributed by atoms with van der Waals surface area (Å²) < 4.78 is 45.6. The average Bonchev–Trinajstić information content (AvgIpc) is 3.40. The Kier molecular flexibility index (Phi) is 8.71. The van der Waals surface area contributed by atoms with Gasteiger partial charge in [0.05, 0.1) is 6.54 Å². The Morgan fingerprint density at radius 1 is 1.05 bits per heavy atom. The van der Waals surface area contributed by atoms with Crippen LogP contribution in [0.1, 0.15) is 44.6 Å². The monoisotopic (exact) mass is 535 g/mol. The molecular weight excluding hydrogens is 507 g/mol. The molecule has 11 heteroatoms. The number of urea groups is 1. The smallest absolute Gasteiger partial charge is 0.324 e. The molecule has 1 aliphatic heterocycles. The molecule has 2 amide bonds. The molecule has 37 heavy (non-hydrogen) atoms. The minimum atomic E-state index is -2.92. The number of carbonyl (C=O) groups excluding carboxylic acids is 1. The Balaban J connectivity index is 1.55. The summed E-state index contributed by atoms with van der Waals surface area (Å²) in [6.45, 7) is 7.01. The molecule has 0 N–H and O–H groups in total. The molecule has 0 atom stereocenters. The number of nitrogens with zero attached hydrogens (tertiary/aromatic N) is 5. The molecule has 3 aromatic rings. The highest BCUT2D eigenvalue weighted by Gasteiger charge is 2.29. The number of benzene rings is 2. The molecule has 1 aromatic heterocycles. The minimum absolute atomic E-state index is 0.0363. The van der Waals surface area contributed by atoms with E-state index in [1.54, 1.807) is 29.2 Å². The van der Waals surface area contributed by atoms with Gasteiger partial charge in [0.15, 0.2) is 0 Å². The lowest BCUT2D eigenvalue weighted by Gasteiger charge is -2.40. The van der Waals surface area contributed by atoms with Gasteiger partial charge in [-0.3, -0.25) is 9.80 Å². The van der Waals surface area contributed by atoms with Crippen molar-refractivity contribution in [3.05, 3.63) is 64.8 Å². The van der Waals surface area contributed by atoms with Crippen molar-refractivity contribution in [2.45, 2.75) is 45.7 Å². The van der Waals surface area contributed by atoms with Crippen molar-refractivity contribution in [3.8, 4) is 11.5 Å². The van der Waals surface area contributed by atoms with Crippen LogP contribution < -0.4 is 4.90 Å². The summed E-state index contributed by atoms with van der Waals surface area (Å²) in [5.74, 6) is -1.66. The first-order chi connectivity index (χ1) is 17.8. The molecule has 0 saturated carbocycles. The number of rotatable bonds is 8. The standard InChI is InChI=1S/C26H29ClF3N5O2/c1-3-20(4-2)33-11-13-34(14-12-33)26(36)35(21-9-7-19(27)8-10-21)16-18-6-5-17(15-22(18)28)24-31-32-25(37-24)23(29)30/h5-10,15,20,23H,3-4,11-14,16H2,1-2H3. The average molecular weight is 536 g/mol. The van der Waals surface area contributed by atoms with Crippen LogP contribution in [0.4, 0.5) is 23.7 Å². The Bertz CT molecular complexity index is 1200. The lowest BCUT2D eigenvalue weighted by molar-refractivity contribution is 0.106. The second-order valence-corrected chi connectivity index (χ2v) is 9.33. The van der Waals surface area contributed by atoms with Crippen molar-refractivity contribution in [1.29, 1.82) is 0 Å². The molecule has 0 aliphatic carbocycles. The lowest BCUT2D eigenvalue weighted by atomic mass is 10.1. The van der Waals surface area contributed by atoms with Crippen molar-refractivity contribution in [1.82, 2.24) is 20.0 Å². The van der Waals surface area contributed by atoms with Crippen LogP contribution in [0, 0.1) is 5.82 Å². The van der Waals surface area contributed by atoms with E-state index in [1.165, 1.54) is 17.0 Å². The molecule has 198 valence electrons. The third-order valence-corrected chi connectivity index (χ3v) is 6.92. The van der Waals surface area contributed by atoms with Gasteiger partial charge in [-0.25, -0.2) is 9.18 Å². The number of aromatic nitrogens is 2. The van der Waals surface area contributed by atoms with Crippen LogP contribution in [-0.4, -0.2) is 58.2 Å². The molecule has 1 saturated heterocycles. The van der Waals surface area contributed by atoms with Crippen molar-refractivity contribution in [3.63, 3.8) is 0 Å². The molecule has 2 heterocycles. The summed E-state index contributed by atoms with van der Waals surface area (Å²) >= 11 is 6.05. The summed E-state index contributed by atoms with van der Waals surface area (Å²) in [6.07, 6.45) is -0.797. The molecule has 0 bridgehead atoms. The van der Waals surface area contributed by atoms with Crippen LogP contribution in [0.25, 0.3) is 11.5 Å². The van der Waals surface area contributed by atoms with E-state index in [2.05, 4.69) is 28.9 Å². The van der Waals surface area contributed by atoms with E-state index in [0.29, 0.717) is 29.8 Å². The zero-order valence-corrected chi connectivity index (χ0v) is 21.5. The van der Waals surface area contributed by atoms with Crippen LogP contribution in [0.5, 0.6) is 0 Å². The predicted octanol–water partition coefficient (Wildman–Crippen LogP) is 6.40. The number of alkyl halides is 2. The topological polar surface area (TPSA) is 65.7 Å². The fraction of sp³-hybridized carbons (Fsp3) is 0.423. The molecule has 0 unspecified atom stereocenters. The van der Waals surface area contributed by atoms with E-state index in [1.807, 2.05) is 0 Å². The summed E-state index contributed by atoms with van der Waals surface area (Å²) in [5, 5.41) is 7.37. The Morgan fingerprint density at radius 2 is 1.73 bits per heavy atom. The van der Waals surface area contributed by atoms with E-state index in [9.17, 15) is 13.6 Å². The number of hydrogen-bond donors (Lipinski definition) is 0. The summed E-state index contributed by atoms with van der Waals surface area (Å²) in [7, 11) is 0. The van der Waals surface area contributed by atoms with Crippen molar-refractivity contribution in [2.24, 2.45) is 0 Å². The number of piperazine rings is 1. The van der Waals surface area contributed by atoms with Crippen molar-refractivity contribution in [2.75, 3.05) is 31.1 Å². The second kappa shape index (κ2) is 12.0. The highest BCUT2D eigenvalue weighted by atomic mass is 35.5. The van der Waals surface area contributed by atoms with Gasteiger partial charge >= 0.3 is 12.5 Å². The van der Waals surface area contributed by atoms with E-state index in [0.717, 1.165) is 32.0 Å². The largest absolute Gasteiger partial charge is 0.415 e. The highest BCUT2D eigenvalue weighted by molar-refractivity contribution is 6.30. The number of anilines is 1. The summed E-state index contributed by atoms with van der Waals surface area (Å²) in [4.78, 5) is 19.4. The van der Waals surface area contributed by atoms with Gasteiger partial charge in [0.25, 0.3) is 5.89 Å². The quantitative estimate of drug-likeness (QED) is 0.334. The van der Waals surface area contributed by atoms with Gasteiger partial charge in [0.1, 0.15) is 5.82 Å². The first-order valence-electron chi connectivity index (χ1n) is 12.3. The third kappa shape index (κ3) is 6.24. The first kappa shape index (κ1) is 26.9. The van der Waals surface area contributed by atoms with E-state index < -0.39 is 18.1 Å². The second-order valence-electron chi connectivity index (χ2n) is 8.89. The van der Waals surface area contributed by atoms with Crippen LogP contribution in [-0.2, 0) is 6.54 Å². The van der Waals surface area contributed by atoms with Crippen molar-refractivity contribution < 1.29 is 22.4 Å². The van der Waals surface area contributed by atoms with Crippen LogP contribution in [0.15, 0.2) is 46.9 Å². The summed E-state index contributed by atoms with van der Waals surface area (Å²) in [5.41, 5.74) is 0.998. The zero-order chi connectivity index (χ0) is 26.5. The number of hydrogen-bond acceptors (Lipinski definition) is 5. The SMILES string of the molecule is CCC(CC)N1CCN(C(=O)N(Cc2ccc(-c3nnc(C(F)F)o3)cc2F)c2ccc(Cl)cc2)CC1. The Morgan fingerprint density at radius 3 is 2.30 bits per heavy atom. The zero-order valence-electron chi connectivity index (χ0n) is 20.7. The number of halogens is 4. The van der Waals surface area contributed by atoms with Gasteiger partial charge in [-0.15, -0.1) is 10.2 Å². The van der Waals surface area contributed by atoms with E-state index in [4.69, 9.17) is 16.0 Å². The molecule has 0 radical (unpaired) electrons. The Hall–Kier alpha value is -3.11. The highest BCUT2D eigenvalue weighted by Crippen LogP contribution is 2.27. The summed E-state index contributed by atoms with van der Waals surface area (Å²) in [6, 6.07) is 11.2. The van der Waals surface area contributed by atoms with Gasteiger partial charge in [-0.2, -0.15) is 8.78 Å². The molecule has 0 spiro atoms. The van der Waals surface area contributed by atoms with Gasteiger partial charge in [-0.05, 0) is 49.2 Å². The maximum Gasteiger partial charge on any atom is 0.324 e. The normalized spacial score (nSPS) is 14.5.